The van der Waals surface area contributed by atoms with Crippen molar-refractivity contribution in [3.63, 3.8) is 0 Å². The first-order chi connectivity index (χ1) is 10.7. The van der Waals surface area contributed by atoms with Gasteiger partial charge >= 0.3 is 11.6 Å². The van der Waals surface area contributed by atoms with E-state index >= 15 is 0 Å². The Morgan fingerprint density at radius 1 is 1.17 bits per heavy atom. The van der Waals surface area contributed by atoms with E-state index in [0.717, 1.165) is 20.1 Å². The van der Waals surface area contributed by atoms with Crippen LogP contribution >= 0.6 is 0 Å². The lowest BCUT2D eigenvalue weighted by Crippen LogP contribution is -2.16. The predicted molar refractivity (Wildman–Crippen MR) is 81.4 cm³/mol. The minimum absolute atomic E-state index is 0.0147. The van der Waals surface area contributed by atoms with Crippen molar-refractivity contribution in [1.82, 2.24) is 0 Å². The first kappa shape index (κ1) is 18.1. The first-order valence-corrected chi connectivity index (χ1v) is 6.55. The zero-order valence-electron chi connectivity index (χ0n) is 13.1. The van der Waals surface area contributed by atoms with E-state index in [9.17, 15) is 24.3 Å². The molecule has 0 atom stereocenters. The van der Waals surface area contributed by atoms with Gasteiger partial charge in [0.05, 0.1) is 18.4 Å². The van der Waals surface area contributed by atoms with Crippen molar-refractivity contribution < 1.29 is 28.6 Å². The lowest BCUT2D eigenvalue weighted by Gasteiger charge is -2.05. The molecule has 0 spiro atoms. The third-order valence-corrected chi connectivity index (χ3v) is 2.93. The number of rotatable bonds is 5. The Balaban J connectivity index is 3.52. The molecule has 0 aliphatic carbocycles. The van der Waals surface area contributed by atoms with Crippen LogP contribution in [0.3, 0.4) is 0 Å². The molecule has 0 saturated carbocycles. The first-order valence-electron chi connectivity index (χ1n) is 6.55. The highest BCUT2D eigenvalue weighted by Gasteiger charge is 2.19. The summed E-state index contributed by atoms with van der Waals surface area (Å²) in [5.41, 5.74) is -1.37. The van der Waals surface area contributed by atoms with Crippen molar-refractivity contribution >= 4 is 23.6 Å². The summed E-state index contributed by atoms with van der Waals surface area (Å²) in [6.07, 6.45) is 2.38. The van der Waals surface area contributed by atoms with Crippen molar-refractivity contribution in [2.75, 3.05) is 7.11 Å². The van der Waals surface area contributed by atoms with E-state index in [4.69, 9.17) is 4.42 Å². The van der Waals surface area contributed by atoms with Gasteiger partial charge in [0.25, 0.3) is 0 Å². The van der Waals surface area contributed by atoms with Crippen molar-refractivity contribution in [1.29, 1.82) is 0 Å². The lowest BCUT2D eigenvalue weighted by atomic mass is 10.1. The largest absolute Gasteiger partial charge is 0.512 e. The summed E-state index contributed by atoms with van der Waals surface area (Å²) in [4.78, 5) is 46.3. The number of carbonyl (C=O) groups excluding carboxylic acids is 3. The smallest absolute Gasteiger partial charge is 0.347 e. The Morgan fingerprint density at radius 3 is 2.22 bits per heavy atom. The Morgan fingerprint density at radius 2 is 1.78 bits per heavy atom. The molecule has 1 aromatic rings. The van der Waals surface area contributed by atoms with Gasteiger partial charge in [0.1, 0.15) is 16.9 Å². The number of carbonyl (C=O) groups is 3. The van der Waals surface area contributed by atoms with Gasteiger partial charge in [-0.2, -0.15) is 0 Å². The average Bonchev–Trinajstić information content (AvgIpc) is 2.45. The predicted octanol–water partition coefficient (Wildman–Crippen LogP) is 2.06. The number of esters is 1. The summed E-state index contributed by atoms with van der Waals surface area (Å²) in [7, 11) is 1.13. The molecule has 1 heterocycles. The van der Waals surface area contributed by atoms with Crippen LogP contribution in [0, 0.1) is 0 Å². The molecule has 1 aromatic heterocycles. The average molecular weight is 320 g/mol. The Bertz CT molecular complexity index is 774. The summed E-state index contributed by atoms with van der Waals surface area (Å²) in [5.74, 6) is -2.20. The van der Waals surface area contributed by atoms with Gasteiger partial charge in [0.2, 0.25) is 0 Å². The summed E-state index contributed by atoms with van der Waals surface area (Å²) in [5, 5.41) is 9.44. The number of aliphatic hydroxyl groups is 1. The maximum Gasteiger partial charge on any atom is 0.347 e. The van der Waals surface area contributed by atoms with Gasteiger partial charge in [-0.15, -0.1) is 0 Å². The normalized spacial score (nSPS) is 12.0. The molecule has 7 heteroatoms. The van der Waals surface area contributed by atoms with Gasteiger partial charge in [-0.05, 0) is 39.0 Å². The molecule has 0 aliphatic rings. The highest BCUT2D eigenvalue weighted by molar-refractivity contribution is 6.00. The highest BCUT2D eigenvalue weighted by Crippen LogP contribution is 2.15. The second-order valence-electron chi connectivity index (χ2n) is 4.66. The van der Waals surface area contributed by atoms with Crippen LogP contribution in [0.2, 0.25) is 0 Å². The molecule has 23 heavy (non-hydrogen) atoms. The Hall–Kier alpha value is -2.96. The van der Waals surface area contributed by atoms with Crippen LogP contribution in [0.15, 0.2) is 32.7 Å². The maximum absolute atomic E-state index is 11.8. The molecule has 1 N–H and O–H groups in total. The molecule has 0 amide bonds. The second kappa shape index (κ2) is 7.35. The number of aliphatic hydroxyl groups excluding tert-OH is 1. The fourth-order valence-electron chi connectivity index (χ4n) is 1.77. The molecule has 0 bridgehead atoms. The van der Waals surface area contributed by atoms with Crippen LogP contribution in [-0.2, 0) is 9.53 Å². The van der Waals surface area contributed by atoms with E-state index in [2.05, 4.69) is 4.74 Å². The van der Waals surface area contributed by atoms with Crippen molar-refractivity contribution in [2.24, 2.45) is 0 Å². The number of hydrogen-bond acceptors (Lipinski definition) is 7. The third-order valence-electron chi connectivity index (χ3n) is 2.93. The van der Waals surface area contributed by atoms with Gasteiger partial charge in [-0.25, -0.2) is 9.59 Å². The molecule has 0 saturated heterocycles. The fourth-order valence-corrected chi connectivity index (χ4v) is 1.77. The van der Waals surface area contributed by atoms with E-state index < -0.39 is 23.2 Å². The molecule has 0 aliphatic heterocycles. The van der Waals surface area contributed by atoms with Crippen LogP contribution in [-0.4, -0.2) is 29.8 Å². The van der Waals surface area contributed by atoms with Crippen LogP contribution in [0.25, 0.3) is 6.08 Å². The standard InChI is InChI=1S/C16H16O7/c1-8(17)11(9(2)18)5-6-14-13(15(20)22-4)7-12(10(3)19)16(21)23-14/h5-7,17H,1-4H3/b6-5+,11-8+. The molecule has 0 unspecified atom stereocenters. The summed E-state index contributed by atoms with van der Waals surface area (Å²) < 4.78 is 9.53. The Kier molecular flexibility index (Phi) is 5.78. The van der Waals surface area contributed by atoms with Gasteiger partial charge in [-0.1, -0.05) is 0 Å². The number of allylic oxidation sites excluding steroid dienone is 3. The van der Waals surface area contributed by atoms with Crippen molar-refractivity contribution in [2.45, 2.75) is 20.8 Å². The number of methoxy groups -OCH3 is 1. The monoisotopic (exact) mass is 320 g/mol. The molecule has 7 nitrogen and oxygen atoms in total. The molecule has 0 radical (unpaired) electrons. The quantitative estimate of drug-likeness (QED) is 0.290. The van der Waals surface area contributed by atoms with Gasteiger partial charge in [0.15, 0.2) is 11.6 Å². The lowest BCUT2D eigenvalue weighted by molar-refractivity contribution is -0.113. The minimum Gasteiger partial charge on any atom is -0.512 e. The second-order valence-corrected chi connectivity index (χ2v) is 4.66. The van der Waals surface area contributed by atoms with Gasteiger partial charge < -0.3 is 14.3 Å². The van der Waals surface area contributed by atoms with E-state index in [0.29, 0.717) is 0 Å². The molecule has 122 valence electrons. The molecular weight excluding hydrogens is 304 g/mol. The molecule has 0 fully saturated rings. The third kappa shape index (κ3) is 4.26. The number of ether oxygens (including phenoxy) is 1. The summed E-state index contributed by atoms with van der Waals surface area (Å²) >= 11 is 0. The van der Waals surface area contributed by atoms with Crippen LogP contribution in [0.1, 0.15) is 47.2 Å². The molecule has 0 aromatic carbocycles. The van der Waals surface area contributed by atoms with E-state index in [-0.39, 0.29) is 28.2 Å². The minimum atomic E-state index is -0.918. The van der Waals surface area contributed by atoms with Crippen LogP contribution in [0.4, 0.5) is 0 Å². The maximum atomic E-state index is 11.8. The van der Waals surface area contributed by atoms with Crippen molar-refractivity contribution in [3.05, 3.63) is 50.8 Å². The van der Waals surface area contributed by atoms with E-state index in [1.807, 2.05) is 0 Å². The topological polar surface area (TPSA) is 111 Å². The summed E-state index contributed by atoms with van der Waals surface area (Å²) in [6, 6.07) is 1.07. The Labute approximate surface area is 131 Å². The van der Waals surface area contributed by atoms with Gasteiger partial charge in [0, 0.05) is 0 Å². The van der Waals surface area contributed by atoms with E-state index in [1.54, 1.807) is 0 Å². The summed E-state index contributed by atoms with van der Waals surface area (Å²) in [6.45, 7) is 3.72. The zero-order chi connectivity index (χ0) is 17.7. The number of hydrogen-bond donors (Lipinski definition) is 1. The van der Waals surface area contributed by atoms with E-state index in [1.165, 1.54) is 26.0 Å². The molecular formula is C16H16O7. The number of ketones is 2. The zero-order valence-corrected chi connectivity index (χ0v) is 13.1. The van der Waals surface area contributed by atoms with Crippen molar-refractivity contribution in [3.8, 4) is 0 Å². The SMILES string of the molecule is COC(=O)c1cc(C(C)=O)c(=O)oc1/C=C/C(C(C)=O)=C(/C)O. The fraction of sp³-hybridized carbons (Fsp3) is 0.250. The van der Waals surface area contributed by atoms with Crippen LogP contribution in [0.5, 0.6) is 0 Å². The van der Waals surface area contributed by atoms with Gasteiger partial charge in [-0.3, -0.25) is 9.59 Å². The highest BCUT2D eigenvalue weighted by atomic mass is 16.5. The number of Topliss-reactive ketones (excluding diaryl/α,β-unsaturated/α-hetero) is 2. The van der Waals surface area contributed by atoms with Crippen LogP contribution < -0.4 is 5.63 Å². The molecule has 1 rings (SSSR count).